The minimum absolute atomic E-state index is 0.0808. The SMILES string of the molecule is CNc1nc(C2CCN(C(=O)c3ccccc3)CC2)nc2c1CN(C(C)=O)CC2. The lowest BCUT2D eigenvalue weighted by molar-refractivity contribution is -0.129. The number of fused-ring (bicyclic) bond motifs is 1. The molecule has 2 aliphatic rings. The lowest BCUT2D eigenvalue weighted by Crippen LogP contribution is -2.38. The van der Waals surface area contributed by atoms with Crippen molar-refractivity contribution in [1.29, 1.82) is 0 Å². The second-order valence-corrected chi connectivity index (χ2v) is 7.73. The summed E-state index contributed by atoms with van der Waals surface area (Å²) in [6, 6.07) is 9.45. The summed E-state index contributed by atoms with van der Waals surface area (Å²) in [7, 11) is 1.86. The fraction of sp³-hybridized carbons (Fsp3) is 0.455. The first-order valence-corrected chi connectivity index (χ1v) is 10.2. The van der Waals surface area contributed by atoms with Crippen LogP contribution in [-0.4, -0.2) is 58.3 Å². The largest absolute Gasteiger partial charge is 0.373 e. The first-order valence-electron chi connectivity index (χ1n) is 10.2. The third kappa shape index (κ3) is 3.95. The Hall–Kier alpha value is -2.96. The van der Waals surface area contributed by atoms with Crippen molar-refractivity contribution in [2.75, 3.05) is 32.0 Å². The summed E-state index contributed by atoms with van der Waals surface area (Å²) in [6.07, 6.45) is 2.48. The number of piperidine rings is 1. The van der Waals surface area contributed by atoms with Crippen LogP contribution in [0, 0.1) is 0 Å². The molecule has 0 saturated carbocycles. The first-order chi connectivity index (χ1) is 14.1. The molecule has 1 N–H and O–H groups in total. The van der Waals surface area contributed by atoms with Crippen LogP contribution >= 0.6 is 0 Å². The van der Waals surface area contributed by atoms with Gasteiger partial charge in [0.2, 0.25) is 5.91 Å². The highest BCUT2D eigenvalue weighted by molar-refractivity contribution is 5.94. The van der Waals surface area contributed by atoms with Gasteiger partial charge in [-0.25, -0.2) is 9.97 Å². The van der Waals surface area contributed by atoms with Crippen molar-refractivity contribution in [3.05, 3.63) is 53.0 Å². The Morgan fingerprint density at radius 3 is 2.41 bits per heavy atom. The molecule has 2 aliphatic heterocycles. The average molecular weight is 393 g/mol. The molecule has 7 heteroatoms. The van der Waals surface area contributed by atoms with E-state index in [1.54, 1.807) is 6.92 Å². The molecule has 2 aromatic rings. The Morgan fingerprint density at radius 1 is 1.03 bits per heavy atom. The van der Waals surface area contributed by atoms with Crippen molar-refractivity contribution in [2.24, 2.45) is 0 Å². The molecule has 1 fully saturated rings. The van der Waals surface area contributed by atoms with Gasteiger partial charge in [0, 0.05) is 57.1 Å². The van der Waals surface area contributed by atoms with Crippen LogP contribution in [0.5, 0.6) is 0 Å². The number of benzene rings is 1. The molecule has 0 aliphatic carbocycles. The van der Waals surface area contributed by atoms with E-state index in [1.807, 2.05) is 47.2 Å². The van der Waals surface area contributed by atoms with Gasteiger partial charge in [-0.3, -0.25) is 9.59 Å². The monoisotopic (exact) mass is 393 g/mol. The summed E-state index contributed by atoms with van der Waals surface area (Å²) >= 11 is 0. The molecule has 1 aromatic heterocycles. The Balaban J connectivity index is 1.48. The number of nitrogens with zero attached hydrogens (tertiary/aromatic N) is 4. The Morgan fingerprint density at radius 2 is 1.76 bits per heavy atom. The molecule has 29 heavy (non-hydrogen) atoms. The standard InChI is InChI=1S/C22H27N5O2/c1-15(28)27-13-10-19-18(14-27)21(23-2)25-20(24-19)16-8-11-26(12-9-16)22(29)17-6-4-3-5-7-17/h3-7,16H,8-14H2,1-2H3,(H,23,24,25). The highest BCUT2D eigenvalue weighted by Crippen LogP contribution is 2.31. The minimum Gasteiger partial charge on any atom is -0.373 e. The van der Waals surface area contributed by atoms with E-state index in [0.29, 0.717) is 26.2 Å². The lowest BCUT2D eigenvalue weighted by Gasteiger charge is -2.33. The van der Waals surface area contributed by atoms with E-state index < -0.39 is 0 Å². The number of nitrogens with one attached hydrogen (secondary N) is 1. The third-order valence-electron chi connectivity index (χ3n) is 5.93. The number of carbonyl (C=O) groups is 2. The van der Waals surface area contributed by atoms with Crippen molar-refractivity contribution in [3.63, 3.8) is 0 Å². The van der Waals surface area contributed by atoms with Crippen molar-refractivity contribution in [2.45, 2.75) is 38.6 Å². The van der Waals surface area contributed by atoms with Crippen LogP contribution in [0.1, 0.15) is 53.1 Å². The van der Waals surface area contributed by atoms with E-state index in [2.05, 4.69) is 5.32 Å². The summed E-state index contributed by atoms with van der Waals surface area (Å²) in [5, 5.41) is 3.19. The van der Waals surface area contributed by atoms with Gasteiger partial charge in [0.1, 0.15) is 11.6 Å². The van der Waals surface area contributed by atoms with Crippen molar-refractivity contribution in [3.8, 4) is 0 Å². The average Bonchev–Trinajstić information content (AvgIpc) is 2.78. The van der Waals surface area contributed by atoms with Crippen LogP contribution in [0.3, 0.4) is 0 Å². The maximum absolute atomic E-state index is 12.7. The maximum atomic E-state index is 12.7. The number of carbonyl (C=O) groups excluding carboxylic acids is 2. The van der Waals surface area contributed by atoms with Crippen molar-refractivity contribution < 1.29 is 9.59 Å². The number of rotatable bonds is 3. The summed E-state index contributed by atoms with van der Waals surface area (Å²) < 4.78 is 0. The lowest BCUT2D eigenvalue weighted by atomic mass is 9.94. The van der Waals surface area contributed by atoms with Crippen LogP contribution < -0.4 is 5.32 Å². The molecule has 0 unspecified atom stereocenters. The summed E-state index contributed by atoms with van der Waals surface area (Å²) in [5.74, 6) is 2.10. The number of anilines is 1. The van der Waals surface area contributed by atoms with Gasteiger partial charge in [0.15, 0.2) is 0 Å². The summed E-state index contributed by atoms with van der Waals surface area (Å²) in [4.78, 5) is 37.8. The highest BCUT2D eigenvalue weighted by Gasteiger charge is 2.29. The number of aromatic nitrogens is 2. The number of likely N-dealkylation sites (tertiary alicyclic amines) is 1. The van der Waals surface area contributed by atoms with Crippen LogP contribution in [0.4, 0.5) is 5.82 Å². The maximum Gasteiger partial charge on any atom is 0.253 e. The van der Waals surface area contributed by atoms with Crippen LogP contribution in [-0.2, 0) is 17.8 Å². The number of hydrogen-bond donors (Lipinski definition) is 1. The van der Waals surface area contributed by atoms with Crippen LogP contribution in [0.25, 0.3) is 0 Å². The van der Waals surface area contributed by atoms with Crippen molar-refractivity contribution in [1.82, 2.24) is 19.8 Å². The predicted molar refractivity (Wildman–Crippen MR) is 111 cm³/mol. The molecule has 3 heterocycles. The van der Waals surface area contributed by atoms with Crippen molar-refractivity contribution >= 4 is 17.6 Å². The topological polar surface area (TPSA) is 78.4 Å². The summed E-state index contributed by atoms with van der Waals surface area (Å²) in [6.45, 7) is 4.29. The summed E-state index contributed by atoms with van der Waals surface area (Å²) in [5.41, 5.74) is 2.80. The zero-order valence-corrected chi connectivity index (χ0v) is 17.0. The van der Waals surface area contributed by atoms with Gasteiger partial charge < -0.3 is 15.1 Å². The third-order valence-corrected chi connectivity index (χ3v) is 5.93. The molecule has 0 spiro atoms. The molecule has 1 saturated heterocycles. The van der Waals surface area contributed by atoms with E-state index in [0.717, 1.165) is 47.7 Å². The quantitative estimate of drug-likeness (QED) is 0.867. The van der Waals surface area contributed by atoms with Gasteiger partial charge >= 0.3 is 0 Å². The normalized spacial score (nSPS) is 17.0. The molecule has 7 nitrogen and oxygen atoms in total. The van der Waals surface area contributed by atoms with Gasteiger partial charge in [-0.2, -0.15) is 0 Å². The zero-order valence-electron chi connectivity index (χ0n) is 17.0. The first kappa shape index (κ1) is 19.4. The second-order valence-electron chi connectivity index (χ2n) is 7.73. The predicted octanol–water partition coefficient (Wildman–Crippen LogP) is 2.44. The van der Waals surface area contributed by atoms with Gasteiger partial charge in [0.05, 0.1) is 12.2 Å². The van der Waals surface area contributed by atoms with E-state index in [4.69, 9.17) is 9.97 Å². The van der Waals surface area contributed by atoms with E-state index in [9.17, 15) is 9.59 Å². The van der Waals surface area contributed by atoms with Gasteiger partial charge in [-0.1, -0.05) is 18.2 Å². The van der Waals surface area contributed by atoms with Crippen LogP contribution in [0.15, 0.2) is 30.3 Å². The van der Waals surface area contributed by atoms with Gasteiger partial charge in [-0.15, -0.1) is 0 Å². The molecular weight excluding hydrogens is 366 g/mol. The van der Waals surface area contributed by atoms with E-state index >= 15 is 0 Å². The molecule has 0 bridgehead atoms. The van der Waals surface area contributed by atoms with Crippen LogP contribution in [0.2, 0.25) is 0 Å². The Labute approximate surface area is 171 Å². The highest BCUT2D eigenvalue weighted by atomic mass is 16.2. The molecule has 0 radical (unpaired) electrons. The minimum atomic E-state index is 0.0808. The molecule has 0 atom stereocenters. The number of amides is 2. The number of hydrogen-bond acceptors (Lipinski definition) is 5. The van der Waals surface area contributed by atoms with Gasteiger partial charge in [-0.05, 0) is 25.0 Å². The zero-order chi connectivity index (χ0) is 20.4. The molecule has 4 rings (SSSR count). The molecule has 152 valence electrons. The van der Waals surface area contributed by atoms with E-state index in [-0.39, 0.29) is 17.7 Å². The molecule has 2 amide bonds. The molecule has 1 aromatic carbocycles. The smallest absolute Gasteiger partial charge is 0.253 e. The van der Waals surface area contributed by atoms with Gasteiger partial charge in [0.25, 0.3) is 5.91 Å². The Kier molecular flexibility index (Phi) is 5.47. The second kappa shape index (κ2) is 8.19. The van der Waals surface area contributed by atoms with E-state index in [1.165, 1.54) is 0 Å². The Bertz CT molecular complexity index is 890. The molecular formula is C22H27N5O2. The fourth-order valence-electron chi connectivity index (χ4n) is 4.20. The fourth-order valence-corrected chi connectivity index (χ4v) is 4.20.